The first-order valence-electron chi connectivity index (χ1n) is 12.8. The second-order valence-electron chi connectivity index (χ2n) is 8.94. The zero-order chi connectivity index (χ0) is 32.1. The second-order valence-corrected chi connectivity index (χ2v) is 8.94. The van der Waals surface area contributed by atoms with Crippen LogP contribution < -0.4 is 5.73 Å². The highest BCUT2D eigenvalue weighted by molar-refractivity contribution is 5.90. The van der Waals surface area contributed by atoms with Crippen LogP contribution in [0.15, 0.2) is 84.9 Å². The van der Waals surface area contributed by atoms with Gasteiger partial charge in [-0.2, -0.15) is 0 Å². The maximum absolute atomic E-state index is 11.3. The number of nitro benzene ring substituents is 1. The van der Waals surface area contributed by atoms with E-state index in [1.165, 1.54) is 26.4 Å². The number of nitro groups is 1. The van der Waals surface area contributed by atoms with E-state index in [9.17, 15) is 19.7 Å². The first-order valence-corrected chi connectivity index (χ1v) is 12.8. The lowest BCUT2D eigenvalue weighted by atomic mass is 10.1. The number of methoxy groups -OCH3 is 2. The fraction of sp³-hybridized carbons (Fsp3) is 0.0588. The van der Waals surface area contributed by atoms with E-state index >= 15 is 0 Å². The van der Waals surface area contributed by atoms with Gasteiger partial charge in [0.25, 0.3) is 11.4 Å². The molecule has 0 bridgehead atoms. The molecule has 0 radical (unpaired) electrons. The summed E-state index contributed by atoms with van der Waals surface area (Å²) < 4.78 is 9.27. The van der Waals surface area contributed by atoms with Crippen LogP contribution in [-0.2, 0) is 9.47 Å². The number of esters is 2. The molecule has 4 rings (SSSR count). The molecule has 0 aliphatic rings. The van der Waals surface area contributed by atoms with Crippen LogP contribution in [0.1, 0.15) is 43.0 Å². The Hall–Kier alpha value is -6.52. The zero-order valence-corrected chi connectivity index (χ0v) is 23.8. The summed E-state index contributed by atoms with van der Waals surface area (Å²) in [5, 5.41) is 10.8. The van der Waals surface area contributed by atoms with Gasteiger partial charge in [0.05, 0.1) is 43.4 Å². The van der Waals surface area contributed by atoms with Gasteiger partial charge in [0.1, 0.15) is 0 Å². The van der Waals surface area contributed by atoms with E-state index in [1.54, 1.807) is 66.7 Å². The summed E-state index contributed by atoms with van der Waals surface area (Å²) in [6, 6.07) is 23.5. The molecular formula is C34H26N4O6. The molecule has 10 nitrogen and oxygen atoms in total. The van der Waals surface area contributed by atoms with Gasteiger partial charge in [0.15, 0.2) is 0 Å². The minimum absolute atomic E-state index is 0.00168. The third-order valence-corrected chi connectivity index (χ3v) is 6.09. The van der Waals surface area contributed by atoms with Crippen LogP contribution in [0.2, 0.25) is 0 Å². The van der Waals surface area contributed by atoms with Crippen molar-refractivity contribution in [2.75, 3.05) is 20.0 Å². The number of ether oxygens (including phenoxy) is 2. The number of anilines is 1. The number of nitrogen functional groups attached to an aromatic ring is 1. The van der Waals surface area contributed by atoms with Crippen LogP contribution in [0.4, 0.5) is 22.7 Å². The van der Waals surface area contributed by atoms with Gasteiger partial charge < -0.3 is 15.2 Å². The quantitative estimate of drug-likeness (QED) is 0.0582. The highest BCUT2D eigenvalue weighted by Gasteiger charge is 2.13. The largest absolute Gasteiger partial charge is 0.465 e. The number of hydrogen-bond donors (Lipinski definition) is 1. The number of carbonyl (C=O) groups excluding carboxylic acids is 2. The Morgan fingerprint density at radius 1 is 0.682 bits per heavy atom. The van der Waals surface area contributed by atoms with Crippen molar-refractivity contribution in [2.24, 2.45) is 0 Å². The first-order chi connectivity index (χ1) is 21.2. The van der Waals surface area contributed by atoms with Crippen molar-refractivity contribution < 1.29 is 24.0 Å². The van der Waals surface area contributed by atoms with Gasteiger partial charge in [-0.05, 0) is 64.7 Å². The van der Waals surface area contributed by atoms with Crippen molar-refractivity contribution in [3.05, 3.63) is 151 Å². The average Bonchev–Trinajstić information content (AvgIpc) is 3.06. The molecule has 10 heteroatoms. The summed E-state index contributed by atoms with van der Waals surface area (Å²) in [7, 11) is 2.67. The van der Waals surface area contributed by atoms with Crippen molar-refractivity contribution in [1.82, 2.24) is 0 Å². The predicted octanol–water partition coefficient (Wildman–Crippen LogP) is 7.88. The van der Waals surface area contributed by atoms with Crippen molar-refractivity contribution in [3.8, 4) is 0 Å². The Balaban J connectivity index is 0.000000241. The van der Waals surface area contributed by atoms with Crippen LogP contribution in [0.3, 0.4) is 0 Å². The van der Waals surface area contributed by atoms with Gasteiger partial charge in [-0.25, -0.2) is 19.3 Å². The Bertz CT molecular complexity index is 1810. The molecular weight excluding hydrogens is 560 g/mol. The monoisotopic (exact) mass is 586 g/mol. The van der Waals surface area contributed by atoms with E-state index in [4.69, 9.17) is 18.9 Å². The third kappa shape index (κ3) is 8.74. The van der Waals surface area contributed by atoms with Crippen LogP contribution in [0.5, 0.6) is 0 Å². The van der Waals surface area contributed by atoms with E-state index < -0.39 is 10.9 Å². The molecule has 0 saturated heterocycles. The summed E-state index contributed by atoms with van der Waals surface area (Å²) in [4.78, 5) is 39.4. The van der Waals surface area contributed by atoms with E-state index in [2.05, 4.69) is 19.2 Å². The molecule has 4 aromatic rings. The van der Waals surface area contributed by atoms with Crippen molar-refractivity contribution in [1.29, 1.82) is 0 Å². The van der Waals surface area contributed by atoms with Gasteiger partial charge >= 0.3 is 11.9 Å². The molecule has 0 heterocycles. The Labute approximate surface area is 254 Å². The van der Waals surface area contributed by atoms with Gasteiger partial charge in [-0.3, -0.25) is 10.1 Å². The number of carbonyl (C=O) groups is 2. The van der Waals surface area contributed by atoms with Crippen molar-refractivity contribution in [3.63, 3.8) is 0 Å². The predicted molar refractivity (Wildman–Crippen MR) is 170 cm³/mol. The molecule has 218 valence electrons. The SMILES string of the molecule is [C-]#[N+]c1cc(C=Cc2ccc(C(=O)OC)cc2)ccc1N.[C-]#[N+]c1cc(C=Cc2ccc(C(=O)OC)cc2)ccc1[N+](=O)[O-]. The van der Waals surface area contributed by atoms with Crippen molar-refractivity contribution >= 4 is 59.0 Å². The van der Waals surface area contributed by atoms with Crippen LogP contribution in [-0.4, -0.2) is 31.1 Å². The molecule has 44 heavy (non-hydrogen) atoms. The molecule has 0 aliphatic heterocycles. The minimum atomic E-state index is -0.577. The number of hydrogen-bond acceptors (Lipinski definition) is 7. The molecule has 0 saturated carbocycles. The van der Waals surface area contributed by atoms with Gasteiger partial charge in [-0.1, -0.05) is 60.7 Å². The Morgan fingerprint density at radius 2 is 1.07 bits per heavy atom. The first kappa shape index (κ1) is 32.0. The molecule has 0 fully saturated rings. The summed E-state index contributed by atoms with van der Waals surface area (Å²) in [5.41, 5.74) is 10.7. The molecule has 0 aromatic heterocycles. The maximum Gasteiger partial charge on any atom is 0.337 e. The van der Waals surface area contributed by atoms with Gasteiger partial charge in [-0.15, -0.1) is 0 Å². The smallest absolute Gasteiger partial charge is 0.337 e. The average molecular weight is 587 g/mol. The molecule has 0 amide bonds. The molecule has 0 atom stereocenters. The van der Waals surface area contributed by atoms with Crippen LogP contribution in [0, 0.1) is 23.3 Å². The number of benzene rings is 4. The van der Waals surface area contributed by atoms with E-state index in [-0.39, 0.29) is 17.3 Å². The number of rotatable bonds is 7. The van der Waals surface area contributed by atoms with Crippen LogP contribution >= 0.6 is 0 Å². The summed E-state index contributed by atoms with van der Waals surface area (Å²) in [5.74, 6) is -0.761. The number of nitrogens with two attached hydrogens (primary N) is 1. The summed E-state index contributed by atoms with van der Waals surface area (Å²) in [6.07, 6.45) is 7.32. The molecule has 0 aliphatic carbocycles. The Kier molecular flexibility index (Phi) is 11.3. The van der Waals surface area contributed by atoms with E-state index in [0.717, 1.165) is 16.7 Å². The molecule has 2 N–H and O–H groups in total. The molecule has 4 aromatic carbocycles. The Morgan fingerprint density at radius 3 is 1.48 bits per heavy atom. The van der Waals surface area contributed by atoms with Gasteiger partial charge in [0, 0.05) is 11.8 Å². The normalized spacial score (nSPS) is 10.3. The lowest BCUT2D eigenvalue weighted by Crippen LogP contribution is -2.00. The highest BCUT2D eigenvalue weighted by Crippen LogP contribution is 2.29. The summed E-state index contributed by atoms with van der Waals surface area (Å²) in [6.45, 7) is 14.0. The topological polar surface area (TPSA) is 130 Å². The fourth-order valence-electron chi connectivity index (χ4n) is 3.73. The molecule has 0 spiro atoms. The van der Waals surface area contributed by atoms with Crippen LogP contribution in [0.25, 0.3) is 34.0 Å². The minimum Gasteiger partial charge on any atom is -0.465 e. The van der Waals surface area contributed by atoms with E-state index in [1.807, 2.05) is 30.4 Å². The highest BCUT2D eigenvalue weighted by atomic mass is 16.6. The number of nitrogens with zero attached hydrogens (tertiary/aromatic N) is 3. The fourth-order valence-corrected chi connectivity index (χ4v) is 3.73. The standard InChI is InChI=1S/C17H12N2O4.C17H14N2O2/c1-18-15-11-13(7-10-16(15)19(21)22)4-3-12-5-8-14(9-6-12)17(20)23-2;1-19-16-11-13(7-10-15(16)18)4-3-12-5-8-14(9-6-12)17(20)21-2/h3-11H,2H3;3-11H,18H2,2H3. The van der Waals surface area contributed by atoms with Crippen molar-refractivity contribution in [2.45, 2.75) is 0 Å². The second kappa shape index (κ2) is 15.5. The lowest BCUT2D eigenvalue weighted by molar-refractivity contribution is -0.383. The van der Waals surface area contributed by atoms with Gasteiger partial charge in [0.2, 0.25) is 5.69 Å². The molecule has 0 unspecified atom stereocenters. The zero-order valence-electron chi connectivity index (χ0n) is 23.8. The maximum atomic E-state index is 11.3. The summed E-state index contributed by atoms with van der Waals surface area (Å²) >= 11 is 0. The lowest BCUT2D eigenvalue weighted by Gasteiger charge is -2.01. The third-order valence-electron chi connectivity index (χ3n) is 6.09. The van der Waals surface area contributed by atoms with E-state index in [0.29, 0.717) is 28.1 Å².